The highest BCUT2D eigenvalue weighted by Crippen LogP contribution is 2.35. The zero-order valence-electron chi connectivity index (χ0n) is 21.8. The Morgan fingerprint density at radius 3 is 2.24 bits per heavy atom. The number of nitrogen functional groups attached to an aromatic ring is 1. The first-order valence-corrected chi connectivity index (χ1v) is 11.7. The fourth-order valence-corrected chi connectivity index (χ4v) is 3.62. The molecule has 0 saturated carbocycles. The summed E-state index contributed by atoms with van der Waals surface area (Å²) in [5, 5.41) is 33.3. The molecule has 1 aliphatic rings. The maximum atomic E-state index is 10.7. The molecule has 0 amide bonds. The van der Waals surface area contributed by atoms with Crippen molar-refractivity contribution in [2.75, 3.05) is 25.2 Å². The van der Waals surface area contributed by atoms with E-state index in [1.54, 1.807) is 29.8 Å². The molecule has 196 valence electrons. The van der Waals surface area contributed by atoms with E-state index >= 15 is 0 Å². The molecular formula is C29H36N4O4. The van der Waals surface area contributed by atoms with Gasteiger partial charge in [-0.25, -0.2) is 0 Å². The first-order chi connectivity index (χ1) is 17.7. The van der Waals surface area contributed by atoms with E-state index in [1.807, 2.05) is 26.1 Å². The number of fused-ring (bicyclic) bond motifs is 1. The van der Waals surface area contributed by atoms with Crippen LogP contribution in [-0.4, -0.2) is 48.4 Å². The van der Waals surface area contributed by atoms with Crippen molar-refractivity contribution in [1.82, 2.24) is 0 Å². The number of aliphatic hydroxyl groups excluding tert-OH is 1. The minimum absolute atomic E-state index is 0.00926. The molecule has 0 aliphatic heterocycles. The summed E-state index contributed by atoms with van der Waals surface area (Å²) in [6.45, 7) is 3.31. The molecule has 0 unspecified atom stereocenters. The van der Waals surface area contributed by atoms with Crippen molar-refractivity contribution in [2.45, 2.75) is 33.1 Å². The Balaban J connectivity index is 0.000000294. The maximum Gasteiger partial charge on any atom is 0.169 e. The molecule has 0 aromatic heterocycles. The Labute approximate surface area is 218 Å². The van der Waals surface area contributed by atoms with Crippen LogP contribution >= 0.6 is 0 Å². The highest BCUT2D eigenvalue weighted by molar-refractivity contribution is 6.59. The Morgan fingerprint density at radius 1 is 1.00 bits per heavy atom. The number of phenols is 1. The van der Waals surface area contributed by atoms with Crippen LogP contribution in [0.25, 0.3) is 11.1 Å². The summed E-state index contributed by atoms with van der Waals surface area (Å²) < 4.78 is 0. The fraction of sp³-hybridized carbons (Fsp3) is 0.241. The molecule has 8 nitrogen and oxygen atoms in total. The van der Waals surface area contributed by atoms with Gasteiger partial charge in [0.05, 0.1) is 11.4 Å². The molecule has 0 spiro atoms. The number of aldehydes is 2. The first-order valence-electron chi connectivity index (χ1n) is 11.7. The molecule has 7 N–H and O–H groups in total. The number of carbonyl (C=O) groups is 2. The summed E-state index contributed by atoms with van der Waals surface area (Å²) in [7, 11) is 2.97. The molecule has 0 radical (unpaired) electrons. The molecule has 0 saturated heterocycles. The van der Waals surface area contributed by atoms with E-state index in [0.717, 1.165) is 24.5 Å². The van der Waals surface area contributed by atoms with Crippen LogP contribution in [0, 0.1) is 17.7 Å². The van der Waals surface area contributed by atoms with Crippen LogP contribution in [0.1, 0.15) is 40.4 Å². The number of aliphatic hydroxyl groups is 1. The molecule has 0 atom stereocenters. The van der Waals surface area contributed by atoms with Gasteiger partial charge in [-0.15, -0.1) is 0 Å². The monoisotopic (exact) mass is 504 g/mol. The predicted octanol–water partition coefficient (Wildman–Crippen LogP) is 4.83. The Kier molecular flexibility index (Phi) is 13.0. The van der Waals surface area contributed by atoms with Crippen molar-refractivity contribution in [2.24, 2.45) is 0 Å². The maximum absolute atomic E-state index is 10.7. The van der Waals surface area contributed by atoms with E-state index in [0.29, 0.717) is 23.1 Å². The lowest BCUT2D eigenvalue weighted by Gasteiger charge is -2.09. The number of nitrogens with one attached hydrogen (secondary N) is 3. The summed E-state index contributed by atoms with van der Waals surface area (Å²) in [5.74, 6) is 0.0543. The summed E-state index contributed by atoms with van der Waals surface area (Å²) >= 11 is 0. The van der Waals surface area contributed by atoms with E-state index in [4.69, 9.17) is 21.7 Å². The van der Waals surface area contributed by atoms with Crippen molar-refractivity contribution in [3.63, 3.8) is 0 Å². The van der Waals surface area contributed by atoms with Crippen LogP contribution in [0.4, 0.5) is 11.4 Å². The summed E-state index contributed by atoms with van der Waals surface area (Å²) in [5.41, 5.74) is 13.1. The van der Waals surface area contributed by atoms with Crippen LogP contribution < -0.4 is 11.1 Å². The second-order valence-corrected chi connectivity index (χ2v) is 8.24. The van der Waals surface area contributed by atoms with Crippen LogP contribution in [0.5, 0.6) is 5.75 Å². The Morgan fingerprint density at radius 2 is 1.68 bits per heavy atom. The van der Waals surface area contributed by atoms with E-state index in [2.05, 4.69) is 23.5 Å². The van der Waals surface area contributed by atoms with Crippen LogP contribution in [-0.2, 0) is 17.6 Å². The molecule has 4 rings (SSSR count). The third-order valence-corrected chi connectivity index (χ3v) is 5.53. The van der Waals surface area contributed by atoms with Crippen LogP contribution in [0.2, 0.25) is 0 Å². The lowest BCUT2D eigenvalue weighted by Crippen LogP contribution is -2.07. The number of hydrogen-bond acceptors (Lipinski definition) is 8. The van der Waals surface area contributed by atoms with Gasteiger partial charge in [-0.1, -0.05) is 24.3 Å². The highest BCUT2D eigenvalue weighted by atomic mass is 16.3. The minimum Gasteiger partial charge on any atom is -0.505 e. The Bertz CT molecular complexity index is 1240. The number of benzene rings is 3. The average Bonchev–Trinajstić information content (AvgIpc) is 3.40. The number of phenolic OH excluding ortho intramolecular Hbond substituents is 1. The van der Waals surface area contributed by atoms with Gasteiger partial charge in [0.25, 0.3) is 0 Å². The molecule has 0 heterocycles. The molecule has 8 heteroatoms. The SMILES string of the molecule is CC(=N)C(=N)C=O.CNc1ccc2c(c1)CCC2.CO.Cc1cc(N)c(O)c(-c2cccc(C=O)c2)c1. The molecular weight excluding hydrogens is 468 g/mol. The summed E-state index contributed by atoms with van der Waals surface area (Å²) in [4.78, 5) is 20.3. The normalized spacial score (nSPS) is 10.6. The van der Waals surface area contributed by atoms with E-state index in [1.165, 1.54) is 37.4 Å². The number of anilines is 2. The van der Waals surface area contributed by atoms with E-state index in [-0.39, 0.29) is 17.2 Å². The van der Waals surface area contributed by atoms with E-state index < -0.39 is 0 Å². The van der Waals surface area contributed by atoms with Crippen molar-refractivity contribution >= 4 is 35.4 Å². The molecule has 37 heavy (non-hydrogen) atoms. The average molecular weight is 505 g/mol. The zero-order chi connectivity index (χ0) is 28.0. The lowest BCUT2D eigenvalue weighted by atomic mass is 10.00. The smallest absolute Gasteiger partial charge is 0.169 e. The van der Waals surface area contributed by atoms with Gasteiger partial charge in [-0.05, 0) is 85.7 Å². The number of aromatic hydroxyl groups is 1. The zero-order valence-corrected chi connectivity index (χ0v) is 21.8. The van der Waals surface area contributed by atoms with Crippen molar-refractivity contribution in [1.29, 1.82) is 10.8 Å². The number of carbonyl (C=O) groups excluding carboxylic acids is 2. The van der Waals surface area contributed by atoms with Gasteiger partial charge in [0.2, 0.25) is 0 Å². The number of rotatable bonds is 5. The topological polar surface area (TPSA) is 160 Å². The standard InChI is InChI=1S/C14H13NO2.C10H13N.C4H6N2O.CH4O/c1-9-5-12(14(17)13(15)6-9)11-4-2-3-10(7-11)8-16;1-11-10-6-5-8-3-2-4-9(8)7-10;1-3(5)4(6)2-7;1-2/h2-8,17H,15H2,1H3;5-7,11H,2-4H2,1H3;2,5-6H,1H3;2H,1H3. The molecule has 1 aliphatic carbocycles. The van der Waals surface area contributed by atoms with E-state index in [9.17, 15) is 14.7 Å². The van der Waals surface area contributed by atoms with Crippen molar-refractivity contribution in [3.8, 4) is 16.9 Å². The van der Waals surface area contributed by atoms with Crippen molar-refractivity contribution < 1.29 is 19.8 Å². The van der Waals surface area contributed by atoms with Gasteiger partial charge in [0.15, 0.2) is 6.29 Å². The predicted molar refractivity (Wildman–Crippen MR) is 151 cm³/mol. The van der Waals surface area contributed by atoms with Gasteiger partial charge in [-0.3, -0.25) is 15.0 Å². The molecule has 0 fully saturated rings. The van der Waals surface area contributed by atoms with Gasteiger partial charge in [0, 0.05) is 31.0 Å². The van der Waals surface area contributed by atoms with Gasteiger partial charge >= 0.3 is 0 Å². The second kappa shape index (κ2) is 15.6. The number of nitrogens with two attached hydrogens (primary N) is 1. The third-order valence-electron chi connectivity index (χ3n) is 5.53. The van der Waals surface area contributed by atoms with Crippen molar-refractivity contribution in [3.05, 3.63) is 76.9 Å². The van der Waals surface area contributed by atoms with Gasteiger partial charge in [0.1, 0.15) is 17.7 Å². The van der Waals surface area contributed by atoms with Gasteiger partial charge in [-0.2, -0.15) is 0 Å². The first kappa shape index (κ1) is 30.7. The third kappa shape index (κ3) is 9.35. The Hall–Kier alpha value is -4.30. The van der Waals surface area contributed by atoms with Gasteiger partial charge < -0.3 is 26.7 Å². The lowest BCUT2D eigenvalue weighted by molar-refractivity contribution is -0.102. The largest absolute Gasteiger partial charge is 0.505 e. The molecule has 3 aromatic carbocycles. The molecule has 0 bridgehead atoms. The quantitative estimate of drug-likeness (QED) is 0.126. The van der Waals surface area contributed by atoms with Crippen LogP contribution in [0.3, 0.4) is 0 Å². The molecule has 3 aromatic rings. The highest BCUT2D eigenvalue weighted by Gasteiger charge is 2.10. The minimum atomic E-state index is -0.250. The number of aryl methyl sites for hydroxylation is 3. The number of hydrogen-bond donors (Lipinski definition) is 6. The summed E-state index contributed by atoms with van der Waals surface area (Å²) in [6.07, 6.45) is 5.01. The fourth-order valence-electron chi connectivity index (χ4n) is 3.62. The van der Waals surface area contributed by atoms with Crippen LogP contribution in [0.15, 0.2) is 54.6 Å². The summed E-state index contributed by atoms with van der Waals surface area (Å²) in [6, 6.07) is 17.3. The second-order valence-electron chi connectivity index (χ2n) is 8.24.